The van der Waals surface area contributed by atoms with Crippen LogP contribution in [0.4, 0.5) is 0 Å². The number of rotatable bonds is 3. The lowest BCUT2D eigenvalue weighted by molar-refractivity contribution is -0.0588. The number of phenols is 1. The molecule has 5 heteroatoms. The summed E-state index contributed by atoms with van der Waals surface area (Å²) in [5.41, 5.74) is 1.22. The Morgan fingerprint density at radius 3 is 2.57 bits per heavy atom. The van der Waals surface area contributed by atoms with Crippen LogP contribution in [0.1, 0.15) is 42.6 Å². The summed E-state index contributed by atoms with van der Waals surface area (Å²) in [6, 6.07) is 19.2. The SMILES string of the molecule is Oc1ccc2c(c1)C(O)CC1(CCN(CC(O)c3ccc4ccccc4c3)CC1)O2. The van der Waals surface area contributed by atoms with Gasteiger partial charge in [0.25, 0.3) is 0 Å². The average Bonchev–Trinajstić information content (AvgIpc) is 2.76. The molecule has 0 amide bonds. The number of ether oxygens (including phenoxy) is 1. The standard InChI is InChI=1S/C25H27NO4/c27-20-7-8-24-21(14-20)22(28)15-25(30-24)9-11-26(12-10-25)16-23(29)19-6-5-17-3-1-2-4-18(17)13-19/h1-8,13-14,22-23,27-29H,9-12,15-16H2. The minimum atomic E-state index is -0.629. The van der Waals surface area contributed by atoms with Crippen molar-refractivity contribution in [3.63, 3.8) is 0 Å². The first-order valence-corrected chi connectivity index (χ1v) is 10.6. The Morgan fingerprint density at radius 1 is 1.00 bits per heavy atom. The molecular weight excluding hydrogens is 378 g/mol. The van der Waals surface area contributed by atoms with E-state index in [4.69, 9.17) is 4.74 Å². The van der Waals surface area contributed by atoms with Gasteiger partial charge in [0.2, 0.25) is 0 Å². The Hall–Kier alpha value is -2.60. The normalized spacial score (nSPS) is 21.9. The highest BCUT2D eigenvalue weighted by Gasteiger charge is 2.43. The molecular formula is C25H27NO4. The molecule has 2 atom stereocenters. The zero-order chi connectivity index (χ0) is 20.7. The molecule has 5 nitrogen and oxygen atoms in total. The summed E-state index contributed by atoms with van der Waals surface area (Å²) in [5, 5.41) is 33.4. The fourth-order valence-electron chi connectivity index (χ4n) is 4.84. The number of nitrogens with zero attached hydrogens (tertiary/aromatic N) is 1. The molecule has 5 rings (SSSR count). The number of likely N-dealkylation sites (tertiary alicyclic amines) is 1. The highest BCUT2D eigenvalue weighted by Crippen LogP contribution is 2.45. The number of aromatic hydroxyl groups is 1. The molecule has 0 radical (unpaired) electrons. The summed E-state index contributed by atoms with van der Waals surface area (Å²) >= 11 is 0. The molecule has 3 aromatic rings. The maximum atomic E-state index is 10.8. The molecule has 1 spiro atoms. The molecule has 156 valence electrons. The van der Waals surface area contributed by atoms with Crippen molar-refractivity contribution in [2.45, 2.75) is 37.1 Å². The number of aliphatic hydroxyl groups excluding tert-OH is 2. The third-order valence-corrected chi connectivity index (χ3v) is 6.60. The lowest BCUT2D eigenvalue weighted by atomic mass is 9.81. The largest absolute Gasteiger partial charge is 0.508 e. The third-order valence-electron chi connectivity index (χ3n) is 6.60. The van der Waals surface area contributed by atoms with Crippen molar-refractivity contribution in [2.24, 2.45) is 0 Å². The first kappa shape index (κ1) is 19.4. The van der Waals surface area contributed by atoms with E-state index >= 15 is 0 Å². The fraction of sp³-hybridized carbons (Fsp3) is 0.360. The van der Waals surface area contributed by atoms with E-state index in [1.54, 1.807) is 18.2 Å². The molecule has 3 aromatic carbocycles. The van der Waals surface area contributed by atoms with Crippen LogP contribution in [0.3, 0.4) is 0 Å². The van der Waals surface area contributed by atoms with E-state index in [-0.39, 0.29) is 11.4 Å². The van der Waals surface area contributed by atoms with Gasteiger partial charge < -0.3 is 25.0 Å². The van der Waals surface area contributed by atoms with Crippen molar-refractivity contribution < 1.29 is 20.1 Å². The van der Waals surface area contributed by atoms with E-state index in [1.807, 2.05) is 18.2 Å². The monoisotopic (exact) mass is 405 g/mol. The third kappa shape index (κ3) is 3.65. The molecule has 3 N–H and O–H groups in total. The van der Waals surface area contributed by atoms with Crippen molar-refractivity contribution in [3.05, 3.63) is 71.8 Å². The Morgan fingerprint density at radius 2 is 1.77 bits per heavy atom. The zero-order valence-corrected chi connectivity index (χ0v) is 16.9. The van der Waals surface area contributed by atoms with Gasteiger partial charge in [-0.25, -0.2) is 0 Å². The van der Waals surface area contributed by atoms with Crippen LogP contribution < -0.4 is 4.74 Å². The van der Waals surface area contributed by atoms with Crippen LogP contribution in [0.25, 0.3) is 10.8 Å². The second-order valence-corrected chi connectivity index (χ2v) is 8.65. The number of β-amino-alcohol motifs (C(OH)–C–C–N with tert-alkyl or cyclic N) is 1. The minimum Gasteiger partial charge on any atom is -0.508 e. The van der Waals surface area contributed by atoms with Crippen molar-refractivity contribution in [1.29, 1.82) is 0 Å². The second kappa shape index (κ2) is 7.58. The predicted molar refractivity (Wildman–Crippen MR) is 116 cm³/mol. The van der Waals surface area contributed by atoms with Crippen molar-refractivity contribution in [3.8, 4) is 11.5 Å². The van der Waals surface area contributed by atoms with Crippen LogP contribution in [-0.4, -0.2) is 45.5 Å². The van der Waals surface area contributed by atoms with E-state index in [0.29, 0.717) is 24.3 Å². The minimum absolute atomic E-state index is 0.143. The molecule has 2 aliphatic rings. The summed E-state index contributed by atoms with van der Waals surface area (Å²) in [6.07, 6.45) is 0.967. The quantitative estimate of drug-likeness (QED) is 0.616. The maximum absolute atomic E-state index is 10.8. The van der Waals surface area contributed by atoms with E-state index in [9.17, 15) is 15.3 Å². The van der Waals surface area contributed by atoms with Crippen molar-refractivity contribution in [1.82, 2.24) is 4.90 Å². The topological polar surface area (TPSA) is 73.2 Å². The molecule has 30 heavy (non-hydrogen) atoms. The van der Waals surface area contributed by atoms with Gasteiger partial charge in [-0.15, -0.1) is 0 Å². The smallest absolute Gasteiger partial charge is 0.126 e. The summed E-state index contributed by atoms with van der Waals surface area (Å²) < 4.78 is 6.31. The van der Waals surface area contributed by atoms with Gasteiger partial charge in [-0.05, 0) is 53.4 Å². The van der Waals surface area contributed by atoms with Gasteiger partial charge in [0.1, 0.15) is 17.1 Å². The van der Waals surface area contributed by atoms with Gasteiger partial charge >= 0.3 is 0 Å². The number of benzene rings is 3. The van der Waals surface area contributed by atoms with Crippen LogP contribution in [0.5, 0.6) is 11.5 Å². The predicted octanol–water partition coefficient (Wildman–Crippen LogP) is 3.93. The fourth-order valence-corrected chi connectivity index (χ4v) is 4.84. The van der Waals surface area contributed by atoms with Gasteiger partial charge in [0.15, 0.2) is 0 Å². The molecule has 0 aromatic heterocycles. The summed E-state index contributed by atoms with van der Waals surface area (Å²) in [6.45, 7) is 2.21. The van der Waals surface area contributed by atoms with Gasteiger partial charge in [0, 0.05) is 31.6 Å². The Kier molecular flexibility index (Phi) is 4.89. The van der Waals surface area contributed by atoms with E-state index < -0.39 is 12.2 Å². The number of hydrogen-bond donors (Lipinski definition) is 3. The lowest BCUT2D eigenvalue weighted by Crippen LogP contribution is -2.51. The number of piperidine rings is 1. The van der Waals surface area contributed by atoms with E-state index in [1.165, 1.54) is 5.39 Å². The molecule has 1 saturated heterocycles. The van der Waals surface area contributed by atoms with E-state index in [2.05, 4.69) is 29.2 Å². The molecule has 2 unspecified atom stereocenters. The van der Waals surface area contributed by atoms with Crippen LogP contribution >= 0.6 is 0 Å². The van der Waals surface area contributed by atoms with Crippen LogP contribution in [0.2, 0.25) is 0 Å². The van der Waals surface area contributed by atoms with Crippen molar-refractivity contribution in [2.75, 3.05) is 19.6 Å². The summed E-state index contributed by atoms with van der Waals surface area (Å²) in [5.74, 6) is 0.807. The highest BCUT2D eigenvalue weighted by molar-refractivity contribution is 5.83. The summed E-state index contributed by atoms with van der Waals surface area (Å²) in [7, 11) is 0. The Labute approximate surface area is 176 Å². The Bertz CT molecular complexity index is 1060. The Balaban J connectivity index is 1.24. The maximum Gasteiger partial charge on any atom is 0.126 e. The van der Waals surface area contributed by atoms with Crippen molar-refractivity contribution >= 4 is 10.8 Å². The van der Waals surface area contributed by atoms with Gasteiger partial charge in [-0.2, -0.15) is 0 Å². The first-order chi connectivity index (χ1) is 14.5. The van der Waals surface area contributed by atoms with Crippen LogP contribution in [-0.2, 0) is 0 Å². The molecule has 0 aliphatic carbocycles. The summed E-state index contributed by atoms with van der Waals surface area (Å²) in [4.78, 5) is 2.27. The number of phenolic OH excluding ortho intramolecular Hbond substituents is 1. The molecule has 0 bridgehead atoms. The number of aliphatic hydroxyl groups is 2. The zero-order valence-electron chi connectivity index (χ0n) is 16.9. The number of hydrogen-bond acceptors (Lipinski definition) is 5. The first-order valence-electron chi connectivity index (χ1n) is 10.6. The molecule has 0 saturated carbocycles. The lowest BCUT2D eigenvalue weighted by Gasteiger charge is -2.46. The van der Waals surface area contributed by atoms with Gasteiger partial charge in [-0.3, -0.25) is 0 Å². The highest BCUT2D eigenvalue weighted by atomic mass is 16.5. The van der Waals surface area contributed by atoms with Gasteiger partial charge in [-0.1, -0.05) is 36.4 Å². The average molecular weight is 405 g/mol. The second-order valence-electron chi connectivity index (χ2n) is 8.65. The number of fused-ring (bicyclic) bond motifs is 2. The molecule has 2 heterocycles. The van der Waals surface area contributed by atoms with Gasteiger partial charge in [0.05, 0.1) is 12.2 Å². The van der Waals surface area contributed by atoms with Crippen LogP contribution in [0, 0.1) is 0 Å². The molecule has 1 fully saturated rings. The van der Waals surface area contributed by atoms with Crippen LogP contribution in [0.15, 0.2) is 60.7 Å². The molecule has 2 aliphatic heterocycles. The van der Waals surface area contributed by atoms with E-state index in [0.717, 1.165) is 36.9 Å².